The van der Waals surface area contributed by atoms with Gasteiger partial charge >= 0.3 is 0 Å². The molecule has 0 fully saturated rings. The lowest BCUT2D eigenvalue weighted by atomic mass is 10.1. The Morgan fingerprint density at radius 3 is 2.64 bits per heavy atom. The first-order valence-electron chi connectivity index (χ1n) is 6.75. The van der Waals surface area contributed by atoms with Gasteiger partial charge in [0.05, 0.1) is 0 Å². The van der Waals surface area contributed by atoms with Crippen molar-refractivity contribution in [2.24, 2.45) is 0 Å². The van der Waals surface area contributed by atoms with Gasteiger partial charge in [-0.25, -0.2) is 4.39 Å². The van der Waals surface area contributed by atoms with Gasteiger partial charge < -0.3 is 5.32 Å². The lowest BCUT2D eigenvalue weighted by Gasteiger charge is -2.08. The average Bonchev–Trinajstić information content (AvgIpc) is 2.47. The van der Waals surface area contributed by atoms with E-state index in [4.69, 9.17) is 5.26 Å². The fraction of sp³-hybridized carbons (Fsp3) is 0.111. The summed E-state index contributed by atoms with van der Waals surface area (Å²) in [4.78, 5) is 12.2. The number of nitrogens with zero attached hydrogens (tertiary/aromatic N) is 1. The van der Waals surface area contributed by atoms with Crippen LogP contribution in [0.5, 0.6) is 0 Å². The highest BCUT2D eigenvalue weighted by Gasteiger charge is 2.11. The standard InChI is InChI=1S/C18H15FN2O/c1-12-6-7-17(13(2)8-12)21-18(22)15(11-20)9-14-4-3-5-16(19)10-14/h3-10H,1-2H3,(H,21,22)/b15-9+. The minimum absolute atomic E-state index is 0.0782. The summed E-state index contributed by atoms with van der Waals surface area (Å²) in [7, 11) is 0. The monoisotopic (exact) mass is 294 g/mol. The smallest absolute Gasteiger partial charge is 0.266 e. The van der Waals surface area contributed by atoms with Crippen molar-refractivity contribution in [3.05, 3.63) is 70.5 Å². The predicted molar refractivity (Wildman–Crippen MR) is 84.5 cm³/mol. The summed E-state index contributed by atoms with van der Waals surface area (Å²) < 4.78 is 13.1. The van der Waals surface area contributed by atoms with E-state index in [9.17, 15) is 9.18 Å². The Labute approximate surface area is 128 Å². The van der Waals surface area contributed by atoms with E-state index in [0.717, 1.165) is 11.1 Å². The first-order valence-corrected chi connectivity index (χ1v) is 6.75. The molecular weight excluding hydrogens is 279 g/mol. The van der Waals surface area contributed by atoms with Crippen molar-refractivity contribution in [1.29, 1.82) is 5.26 Å². The number of carbonyl (C=O) groups excluding carboxylic acids is 1. The molecule has 0 saturated carbocycles. The molecule has 0 heterocycles. The van der Waals surface area contributed by atoms with Crippen LogP contribution < -0.4 is 5.32 Å². The zero-order valence-corrected chi connectivity index (χ0v) is 12.4. The molecule has 0 aliphatic carbocycles. The molecule has 0 aromatic heterocycles. The van der Waals surface area contributed by atoms with E-state index in [-0.39, 0.29) is 5.57 Å². The van der Waals surface area contributed by atoms with Gasteiger partial charge in [-0.2, -0.15) is 5.26 Å². The zero-order chi connectivity index (χ0) is 16.1. The van der Waals surface area contributed by atoms with E-state index < -0.39 is 11.7 Å². The predicted octanol–water partition coefficient (Wildman–Crippen LogP) is 3.99. The molecular formula is C18H15FN2O. The van der Waals surface area contributed by atoms with Crippen molar-refractivity contribution in [3.63, 3.8) is 0 Å². The van der Waals surface area contributed by atoms with Gasteiger partial charge in [-0.05, 0) is 49.2 Å². The number of halogens is 1. The lowest BCUT2D eigenvalue weighted by molar-refractivity contribution is -0.112. The Hall–Kier alpha value is -2.93. The van der Waals surface area contributed by atoms with E-state index in [2.05, 4.69) is 5.32 Å². The van der Waals surface area contributed by atoms with Crippen LogP contribution in [0.25, 0.3) is 6.08 Å². The van der Waals surface area contributed by atoms with Crippen molar-refractivity contribution in [2.75, 3.05) is 5.32 Å². The quantitative estimate of drug-likeness (QED) is 0.687. The van der Waals surface area contributed by atoms with Gasteiger partial charge in [-0.3, -0.25) is 4.79 Å². The van der Waals surface area contributed by atoms with Gasteiger partial charge in [0, 0.05) is 5.69 Å². The number of nitriles is 1. The summed E-state index contributed by atoms with van der Waals surface area (Å²) in [5, 5.41) is 11.8. The second-order valence-electron chi connectivity index (χ2n) is 5.00. The Balaban J connectivity index is 2.24. The summed E-state index contributed by atoms with van der Waals surface area (Å²) in [6, 6.07) is 13.2. The molecule has 0 aliphatic rings. The van der Waals surface area contributed by atoms with Crippen LogP contribution in [-0.2, 0) is 4.79 Å². The van der Waals surface area contributed by atoms with Crippen molar-refractivity contribution in [2.45, 2.75) is 13.8 Å². The normalized spacial score (nSPS) is 10.9. The maximum absolute atomic E-state index is 13.1. The van der Waals surface area contributed by atoms with E-state index in [1.54, 1.807) is 12.1 Å². The molecule has 2 rings (SSSR count). The molecule has 1 N–H and O–H groups in total. The molecule has 110 valence electrons. The fourth-order valence-corrected chi connectivity index (χ4v) is 2.06. The van der Waals surface area contributed by atoms with E-state index >= 15 is 0 Å². The van der Waals surface area contributed by atoms with E-state index in [0.29, 0.717) is 11.3 Å². The largest absolute Gasteiger partial charge is 0.321 e. The topological polar surface area (TPSA) is 52.9 Å². The van der Waals surface area contributed by atoms with Crippen LogP contribution in [0, 0.1) is 31.0 Å². The van der Waals surface area contributed by atoms with Gasteiger partial charge in [0.2, 0.25) is 0 Å². The third-order valence-corrected chi connectivity index (χ3v) is 3.15. The summed E-state index contributed by atoms with van der Waals surface area (Å²) in [6.07, 6.45) is 1.36. The van der Waals surface area contributed by atoms with Crippen LogP contribution in [0.3, 0.4) is 0 Å². The molecule has 4 heteroatoms. The van der Waals surface area contributed by atoms with E-state index in [1.807, 2.05) is 32.0 Å². The molecule has 0 saturated heterocycles. The number of hydrogen-bond acceptors (Lipinski definition) is 2. The number of aryl methyl sites for hydroxylation is 2. The molecule has 0 radical (unpaired) electrons. The van der Waals surface area contributed by atoms with Gasteiger partial charge in [-0.15, -0.1) is 0 Å². The summed E-state index contributed by atoms with van der Waals surface area (Å²) >= 11 is 0. The first kappa shape index (κ1) is 15.5. The highest BCUT2D eigenvalue weighted by atomic mass is 19.1. The highest BCUT2D eigenvalue weighted by molar-refractivity contribution is 6.09. The molecule has 1 amide bonds. The second-order valence-corrected chi connectivity index (χ2v) is 5.00. The van der Waals surface area contributed by atoms with Crippen molar-refractivity contribution in [3.8, 4) is 6.07 Å². The molecule has 22 heavy (non-hydrogen) atoms. The molecule has 0 spiro atoms. The molecule has 2 aromatic rings. The molecule has 3 nitrogen and oxygen atoms in total. The zero-order valence-electron chi connectivity index (χ0n) is 12.4. The van der Waals surface area contributed by atoms with Crippen LogP contribution in [0.4, 0.5) is 10.1 Å². The Bertz CT molecular complexity index is 788. The van der Waals surface area contributed by atoms with Crippen LogP contribution in [-0.4, -0.2) is 5.91 Å². The van der Waals surface area contributed by atoms with Gasteiger partial charge in [0.25, 0.3) is 5.91 Å². The van der Waals surface area contributed by atoms with Crippen molar-refractivity contribution >= 4 is 17.7 Å². The summed E-state index contributed by atoms with van der Waals surface area (Å²) in [6.45, 7) is 3.84. The van der Waals surface area contributed by atoms with Crippen LogP contribution >= 0.6 is 0 Å². The lowest BCUT2D eigenvalue weighted by Crippen LogP contribution is -2.14. The molecule has 2 aromatic carbocycles. The number of carbonyl (C=O) groups is 1. The molecule has 0 aliphatic heterocycles. The maximum Gasteiger partial charge on any atom is 0.266 e. The minimum atomic E-state index is -0.515. The molecule has 0 bridgehead atoms. The minimum Gasteiger partial charge on any atom is -0.321 e. The second kappa shape index (κ2) is 6.68. The number of amides is 1. The maximum atomic E-state index is 13.1. The number of anilines is 1. The van der Waals surface area contributed by atoms with Gasteiger partial charge in [-0.1, -0.05) is 29.8 Å². The van der Waals surface area contributed by atoms with Crippen molar-refractivity contribution in [1.82, 2.24) is 0 Å². The summed E-state index contributed by atoms with van der Waals surface area (Å²) in [5.41, 5.74) is 3.04. The average molecular weight is 294 g/mol. The van der Waals surface area contributed by atoms with Gasteiger partial charge in [0.1, 0.15) is 17.5 Å². The third kappa shape index (κ3) is 3.80. The Kier molecular flexibility index (Phi) is 4.70. The number of rotatable bonds is 3. The highest BCUT2D eigenvalue weighted by Crippen LogP contribution is 2.17. The first-order chi connectivity index (χ1) is 10.5. The Morgan fingerprint density at radius 2 is 2.00 bits per heavy atom. The number of hydrogen-bond donors (Lipinski definition) is 1. The SMILES string of the molecule is Cc1ccc(NC(=O)/C(C#N)=C/c2cccc(F)c2)c(C)c1. The number of nitrogens with one attached hydrogen (secondary N) is 1. The van der Waals surface area contributed by atoms with E-state index in [1.165, 1.54) is 24.3 Å². The van der Waals surface area contributed by atoms with Crippen LogP contribution in [0.1, 0.15) is 16.7 Å². The molecule has 0 unspecified atom stereocenters. The third-order valence-electron chi connectivity index (χ3n) is 3.15. The summed E-state index contributed by atoms with van der Waals surface area (Å²) in [5.74, 6) is -0.931. The van der Waals surface area contributed by atoms with Crippen LogP contribution in [0.2, 0.25) is 0 Å². The fourth-order valence-electron chi connectivity index (χ4n) is 2.06. The Morgan fingerprint density at radius 1 is 1.23 bits per heavy atom. The van der Waals surface area contributed by atoms with Crippen LogP contribution in [0.15, 0.2) is 48.0 Å². The van der Waals surface area contributed by atoms with Gasteiger partial charge in [0.15, 0.2) is 0 Å². The molecule has 0 atom stereocenters. The van der Waals surface area contributed by atoms with Crippen molar-refractivity contribution < 1.29 is 9.18 Å². The number of benzene rings is 2.